The molecule has 2 aromatic carbocycles. The number of thioether (sulfide) groups is 1. The maximum atomic E-state index is 13.4. The molecule has 0 spiro atoms. The zero-order valence-corrected chi connectivity index (χ0v) is 24.9. The van der Waals surface area contributed by atoms with Gasteiger partial charge in [0.05, 0.1) is 18.9 Å². The Hall–Kier alpha value is -2.63. The van der Waals surface area contributed by atoms with Crippen LogP contribution < -0.4 is 5.32 Å². The number of hydrogen-bond acceptors (Lipinski definition) is 6. The number of hydrogen-bond donors (Lipinski definition) is 2. The van der Waals surface area contributed by atoms with Crippen LogP contribution in [0.15, 0.2) is 60.9 Å². The molecule has 1 aromatic heterocycles. The van der Waals surface area contributed by atoms with Gasteiger partial charge in [0.1, 0.15) is 6.04 Å². The van der Waals surface area contributed by atoms with Crippen LogP contribution in [0.25, 0.3) is 11.1 Å². The number of carboxylic acids is 1. The van der Waals surface area contributed by atoms with Gasteiger partial charge in [0, 0.05) is 17.3 Å². The van der Waals surface area contributed by atoms with E-state index in [1.54, 1.807) is 30.2 Å². The van der Waals surface area contributed by atoms with Crippen molar-refractivity contribution in [1.82, 2.24) is 15.5 Å². The molecular formula is C33H42LiN3O4S. The predicted octanol–water partition coefficient (Wildman–Crippen LogP) is 6.36. The molecule has 1 unspecified atom stereocenters. The third-order valence-electron chi connectivity index (χ3n) is 7.97. The second-order valence-corrected chi connectivity index (χ2v) is 11.9. The molecule has 1 heterocycles. The Bertz CT molecular complexity index is 1290. The van der Waals surface area contributed by atoms with Crippen LogP contribution in [0.4, 0.5) is 0 Å². The van der Waals surface area contributed by atoms with Crippen LogP contribution in [0, 0.1) is 12.8 Å². The van der Waals surface area contributed by atoms with Crippen LogP contribution in [0.5, 0.6) is 0 Å². The molecule has 4 rings (SSSR count). The molecule has 0 radical (unpaired) electrons. The fourth-order valence-corrected chi connectivity index (χ4v) is 6.07. The van der Waals surface area contributed by atoms with Crippen molar-refractivity contribution in [3.63, 3.8) is 0 Å². The molecule has 0 saturated heterocycles. The molecule has 0 aliphatic heterocycles. The summed E-state index contributed by atoms with van der Waals surface area (Å²) in [6.07, 6.45) is 14.3. The maximum absolute atomic E-state index is 13.4. The summed E-state index contributed by atoms with van der Waals surface area (Å²) in [6, 6.07) is 14.6. The SMILES string of the molecule is CSCC[C@H](NC(=O)c1ccc(COC(CCC2CCCCC2)c2ccnnc2)cc1-c1ccccc1C)C(=O)O.[LiH]. The molecule has 9 heteroatoms. The molecule has 1 saturated carbocycles. The number of nitrogens with zero attached hydrogens (tertiary/aromatic N) is 2. The number of aliphatic carboxylic acids is 1. The number of amides is 1. The normalized spacial score (nSPS) is 14.9. The Kier molecular flexibility index (Phi) is 14.1. The first-order chi connectivity index (χ1) is 20.0. The number of rotatable bonds is 14. The topological polar surface area (TPSA) is 101 Å². The Labute approximate surface area is 265 Å². The number of benzene rings is 2. The quantitative estimate of drug-likeness (QED) is 0.213. The number of aromatic nitrogens is 2. The van der Waals surface area contributed by atoms with Crippen LogP contribution in [0.1, 0.15) is 84.5 Å². The third-order valence-corrected chi connectivity index (χ3v) is 8.61. The Balaban J connectivity index is 0.00000484. The van der Waals surface area contributed by atoms with Crippen LogP contribution in [-0.4, -0.2) is 64.1 Å². The van der Waals surface area contributed by atoms with Crippen molar-refractivity contribution in [1.29, 1.82) is 0 Å². The van der Waals surface area contributed by atoms with Crippen molar-refractivity contribution in [3.8, 4) is 11.1 Å². The molecule has 220 valence electrons. The second-order valence-electron chi connectivity index (χ2n) is 10.9. The predicted molar refractivity (Wildman–Crippen MR) is 171 cm³/mol. The summed E-state index contributed by atoms with van der Waals surface area (Å²) in [7, 11) is 0. The average molecular weight is 584 g/mol. The molecule has 2 N–H and O–H groups in total. The zero-order valence-electron chi connectivity index (χ0n) is 24.1. The first-order valence-electron chi connectivity index (χ1n) is 14.6. The summed E-state index contributed by atoms with van der Waals surface area (Å²) in [5, 5.41) is 20.4. The van der Waals surface area contributed by atoms with Crippen molar-refractivity contribution in [2.45, 2.75) is 77.0 Å². The molecule has 1 amide bonds. The molecular weight excluding hydrogens is 541 g/mol. The summed E-state index contributed by atoms with van der Waals surface area (Å²) in [4.78, 5) is 25.2. The fraction of sp³-hybridized carbons (Fsp3) is 0.455. The van der Waals surface area contributed by atoms with Gasteiger partial charge in [-0.3, -0.25) is 4.79 Å². The molecule has 7 nitrogen and oxygen atoms in total. The van der Waals surface area contributed by atoms with Gasteiger partial charge in [-0.05, 0) is 84.6 Å². The Morgan fingerprint density at radius 3 is 2.52 bits per heavy atom. The van der Waals surface area contributed by atoms with Gasteiger partial charge in [-0.15, -0.1) is 0 Å². The van der Waals surface area contributed by atoms with Crippen LogP contribution in [-0.2, 0) is 16.1 Å². The van der Waals surface area contributed by atoms with Crippen molar-refractivity contribution in [2.75, 3.05) is 12.0 Å². The van der Waals surface area contributed by atoms with Gasteiger partial charge in [0.2, 0.25) is 0 Å². The summed E-state index contributed by atoms with van der Waals surface area (Å²) < 4.78 is 6.52. The van der Waals surface area contributed by atoms with Crippen LogP contribution in [0.3, 0.4) is 0 Å². The average Bonchev–Trinajstić information content (AvgIpc) is 3.00. The number of carbonyl (C=O) groups is 2. The minimum absolute atomic E-state index is 0. The Morgan fingerprint density at radius 1 is 1.05 bits per heavy atom. The van der Waals surface area contributed by atoms with Crippen molar-refractivity contribution >= 4 is 42.5 Å². The molecule has 3 aromatic rings. The summed E-state index contributed by atoms with van der Waals surface area (Å²) in [6.45, 7) is 2.39. The van der Waals surface area contributed by atoms with E-state index in [1.165, 1.54) is 32.1 Å². The van der Waals surface area contributed by atoms with Crippen molar-refractivity contribution in [3.05, 3.63) is 83.2 Å². The van der Waals surface area contributed by atoms with E-state index in [0.29, 0.717) is 24.3 Å². The van der Waals surface area contributed by atoms with Crippen LogP contribution in [0.2, 0.25) is 0 Å². The molecule has 2 atom stereocenters. The molecule has 42 heavy (non-hydrogen) atoms. The van der Waals surface area contributed by atoms with Gasteiger partial charge in [-0.1, -0.05) is 62.4 Å². The van der Waals surface area contributed by atoms with Gasteiger partial charge in [0.25, 0.3) is 5.91 Å². The van der Waals surface area contributed by atoms with Crippen molar-refractivity contribution < 1.29 is 19.4 Å². The van der Waals surface area contributed by atoms with E-state index < -0.39 is 17.9 Å². The summed E-state index contributed by atoms with van der Waals surface area (Å²) >= 11 is 1.56. The van der Waals surface area contributed by atoms with E-state index in [1.807, 2.05) is 55.6 Å². The first-order valence-corrected chi connectivity index (χ1v) is 16.0. The molecule has 0 bridgehead atoms. The fourth-order valence-electron chi connectivity index (χ4n) is 5.60. The number of nitrogens with one attached hydrogen (secondary N) is 1. The monoisotopic (exact) mass is 583 g/mol. The van der Waals surface area contributed by atoms with E-state index in [-0.39, 0.29) is 25.0 Å². The molecule has 1 aliphatic rings. The molecule has 1 fully saturated rings. The van der Waals surface area contributed by atoms with E-state index >= 15 is 0 Å². The van der Waals surface area contributed by atoms with Crippen molar-refractivity contribution in [2.24, 2.45) is 5.92 Å². The van der Waals surface area contributed by atoms with E-state index in [0.717, 1.165) is 46.6 Å². The first kappa shape index (κ1) is 33.9. The number of aryl methyl sites for hydroxylation is 1. The van der Waals surface area contributed by atoms with E-state index in [9.17, 15) is 14.7 Å². The minimum atomic E-state index is -1.03. The zero-order chi connectivity index (χ0) is 29.0. The number of ether oxygens (including phenoxy) is 1. The van der Waals surface area contributed by atoms with Gasteiger partial charge in [-0.2, -0.15) is 22.0 Å². The standard InChI is InChI=1S/C33H41N3O4S.Li.H/c1-23-8-6-7-11-27(23)29-20-25(12-14-28(29)32(37)36-30(33(38)39)17-19-41-2)22-40-31(26-16-18-34-35-21-26)15-13-24-9-4-3-5-10-24;;/h6-8,11-12,14,16,18,20-21,24,30-31H,3-5,9-10,13,15,17,19,22H2,1-2H3,(H,36,37)(H,38,39);;/t30-,31?;;/m0../s1. The van der Waals surface area contributed by atoms with E-state index in [4.69, 9.17) is 4.74 Å². The summed E-state index contributed by atoms with van der Waals surface area (Å²) in [5.74, 6) is -0.0228. The Morgan fingerprint density at radius 2 is 1.83 bits per heavy atom. The molecule has 1 aliphatic carbocycles. The second kappa shape index (κ2) is 17.5. The van der Waals surface area contributed by atoms with Gasteiger partial charge in [0.15, 0.2) is 0 Å². The number of carbonyl (C=O) groups excluding carboxylic acids is 1. The number of carboxylic acid groups (broad SMARTS) is 1. The third kappa shape index (κ3) is 9.70. The van der Waals surface area contributed by atoms with Gasteiger partial charge >= 0.3 is 24.8 Å². The van der Waals surface area contributed by atoms with Gasteiger partial charge in [-0.25, -0.2) is 4.79 Å². The van der Waals surface area contributed by atoms with Gasteiger partial charge < -0.3 is 15.2 Å². The van der Waals surface area contributed by atoms with E-state index in [2.05, 4.69) is 15.5 Å². The van der Waals surface area contributed by atoms with Crippen LogP contribution >= 0.6 is 11.8 Å². The summed E-state index contributed by atoms with van der Waals surface area (Å²) in [5.41, 5.74) is 5.15.